The number of hydrogen-bond donors (Lipinski definition) is 2. The van der Waals surface area contributed by atoms with Gasteiger partial charge < -0.3 is 24.7 Å². The fourth-order valence-corrected chi connectivity index (χ4v) is 3.23. The molecule has 0 atom stereocenters. The SMILES string of the molecule is CCNC(=NCc1cccc(Cn2ccnc2C)c1)Nc1ccc(OC)c(OCC)c1.I. The number of rotatable bonds is 9. The van der Waals surface area contributed by atoms with Crippen LogP contribution in [0.15, 0.2) is 59.9 Å². The Hall–Kier alpha value is -2.75. The summed E-state index contributed by atoms with van der Waals surface area (Å²) in [5.41, 5.74) is 3.26. The first-order valence-electron chi connectivity index (χ1n) is 10.5. The number of ether oxygens (including phenoxy) is 2. The number of benzene rings is 2. The fraction of sp³-hybridized carbons (Fsp3) is 0.333. The van der Waals surface area contributed by atoms with Crippen LogP contribution in [0.25, 0.3) is 0 Å². The van der Waals surface area contributed by atoms with Gasteiger partial charge in [0.2, 0.25) is 0 Å². The first kappa shape index (κ1) is 25.5. The standard InChI is InChI=1S/C24H31N5O2.HI/c1-5-25-24(28-21-10-11-22(30-4)23(15-21)31-6-2)27-16-19-8-7-9-20(14-19)17-29-13-12-26-18(29)3;/h7-15H,5-6,16-17H2,1-4H3,(H2,25,27,28);1H. The molecule has 2 N–H and O–H groups in total. The summed E-state index contributed by atoms with van der Waals surface area (Å²) in [5, 5.41) is 6.64. The van der Waals surface area contributed by atoms with Gasteiger partial charge >= 0.3 is 0 Å². The highest BCUT2D eigenvalue weighted by atomic mass is 127. The van der Waals surface area contributed by atoms with Crippen molar-refractivity contribution in [1.29, 1.82) is 0 Å². The van der Waals surface area contributed by atoms with Gasteiger partial charge in [-0.25, -0.2) is 9.98 Å². The Bertz CT molecular complexity index is 1020. The molecule has 1 aromatic heterocycles. The van der Waals surface area contributed by atoms with Gasteiger partial charge in [-0.05, 0) is 44.0 Å². The van der Waals surface area contributed by atoms with Crippen molar-refractivity contribution in [2.24, 2.45) is 4.99 Å². The molecule has 0 saturated heterocycles. The average molecular weight is 549 g/mol. The number of halogens is 1. The van der Waals surface area contributed by atoms with E-state index in [1.54, 1.807) is 7.11 Å². The van der Waals surface area contributed by atoms with Gasteiger partial charge in [-0.1, -0.05) is 24.3 Å². The van der Waals surface area contributed by atoms with Crippen LogP contribution < -0.4 is 20.1 Å². The van der Waals surface area contributed by atoms with Crippen molar-refractivity contribution in [2.75, 3.05) is 25.6 Å². The van der Waals surface area contributed by atoms with E-state index >= 15 is 0 Å². The van der Waals surface area contributed by atoms with E-state index in [0.29, 0.717) is 30.6 Å². The predicted molar refractivity (Wildman–Crippen MR) is 141 cm³/mol. The average Bonchev–Trinajstić information content (AvgIpc) is 3.17. The molecule has 0 aliphatic heterocycles. The highest BCUT2D eigenvalue weighted by Gasteiger charge is 2.07. The van der Waals surface area contributed by atoms with Gasteiger partial charge in [0.1, 0.15) is 5.82 Å². The van der Waals surface area contributed by atoms with E-state index in [1.165, 1.54) is 5.56 Å². The van der Waals surface area contributed by atoms with Crippen LogP contribution in [0.5, 0.6) is 11.5 Å². The molecule has 3 rings (SSSR count). The minimum absolute atomic E-state index is 0. The molecule has 172 valence electrons. The summed E-state index contributed by atoms with van der Waals surface area (Å²) in [4.78, 5) is 9.05. The molecule has 1 heterocycles. The monoisotopic (exact) mass is 549 g/mol. The Kier molecular flexibility index (Phi) is 10.3. The number of aromatic nitrogens is 2. The molecule has 3 aromatic rings. The number of imidazole rings is 1. The van der Waals surface area contributed by atoms with E-state index in [1.807, 2.05) is 51.4 Å². The Morgan fingerprint density at radius 2 is 1.91 bits per heavy atom. The summed E-state index contributed by atoms with van der Waals surface area (Å²) < 4.78 is 13.2. The van der Waals surface area contributed by atoms with Crippen LogP contribution in [0.1, 0.15) is 30.8 Å². The first-order valence-corrected chi connectivity index (χ1v) is 10.5. The molecule has 0 unspecified atom stereocenters. The second-order valence-electron chi connectivity index (χ2n) is 7.04. The minimum atomic E-state index is 0. The van der Waals surface area contributed by atoms with Gasteiger partial charge in [0.05, 0.1) is 20.3 Å². The molecule has 0 aliphatic rings. The zero-order chi connectivity index (χ0) is 22.1. The lowest BCUT2D eigenvalue weighted by Gasteiger charge is -2.14. The Balaban J connectivity index is 0.00000363. The van der Waals surface area contributed by atoms with E-state index in [9.17, 15) is 0 Å². The number of guanidine groups is 1. The van der Waals surface area contributed by atoms with Gasteiger partial charge in [0, 0.05) is 37.2 Å². The molecule has 32 heavy (non-hydrogen) atoms. The molecule has 0 amide bonds. The quantitative estimate of drug-likeness (QED) is 0.227. The molecular formula is C24H32IN5O2. The van der Waals surface area contributed by atoms with Crippen molar-refractivity contribution in [2.45, 2.75) is 33.9 Å². The van der Waals surface area contributed by atoms with E-state index < -0.39 is 0 Å². The second-order valence-corrected chi connectivity index (χ2v) is 7.04. The van der Waals surface area contributed by atoms with Crippen LogP contribution in [-0.2, 0) is 13.1 Å². The summed E-state index contributed by atoms with van der Waals surface area (Å²) in [5.74, 6) is 3.13. The molecular weight excluding hydrogens is 517 g/mol. The first-order chi connectivity index (χ1) is 15.1. The van der Waals surface area contributed by atoms with Gasteiger partial charge in [0.25, 0.3) is 0 Å². The van der Waals surface area contributed by atoms with Crippen molar-refractivity contribution in [3.05, 3.63) is 71.8 Å². The topological polar surface area (TPSA) is 72.7 Å². The lowest BCUT2D eigenvalue weighted by molar-refractivity contribution is 0.311. The number of nitrogens with one attached hydrogen (secondary N) is 2. The van der Waals surface area contributed by atoms with Gasteiger partial charge in [-0.15, -0.1) is 24.0 Å². The van der Waals surface area contributed by atoms with Crippen molar-refractivity contribution < 1.29 is 9.47 Å². The highest BCUT2D eigenvalue weighted by Crippen LogP contribution is 2.30. The Labute approximate surface area is 207 Å². The van der Waals surface area contributed by atoms with Crippen LogP contribution >= 0.6 is 24.0 Å². The molecule has 2 aromatic carbocycles. The summed E-state index contributed by atoms with van der Waals surface area (Å²) in [6.45, 7) is 8.72. The van der Waals surface area contributed by atoms with E-state index in [-0.39, 0.29) is 24.0 Å². The molecule has 0 aliphatic carbocycles. The minimum Gasteiger partial charge on any atom is -0.493 e. The lowest BCUT2D eigenvalue weighted by Crippen LogP contribution is -2.30. The van der Waals surface area contributed by atoms with Crippen LogP contribution in [-0.4, -0.2) is 35.8 Å². The number of hydrogen-bond acceptors (Lipinski definition) is 4. The van der Waals surface area contributed by atoms with Gasteiger partial charge in [0.15, 0.2) is 17.5 Å². The molecule has 0 radical (unpaired) electrons. The fourth-order valence-electron chi connectivity index (χ4n) is 3.23. The highest BCUT2D eigenvalue weighted by molar-refractivity contribution is 14.0. The van der Waals surface area contributed by atoms with E-state index in [4.69, 9.17) is 14.5 Å². The smallest absolute Gasteiger partial charge is 0.196 e. The summed E-state index contributed by atoms with van der Waals surface area (Å²) in [6.07, 6.45) is 3.83. The third-order valence-corrected chi connectivity index (χ3v) is 4.76. The number of nitrogens with zero attached hydrogens (tertiary/aromatic N) is 3. The third kappa shape index (κ3) is 7.15. The van der Waals surface area contributed by atoms with Crippen LogP contribution in [0.2, 0.25) is 0 Å². The van der Waals surface area contributed by atoms with Crippen molar-refractivity contribution in [1.82, 2.24) is 14.9 Å². The van der Waals surface area contributed by atoms with Crippen LogP contribution in [0.3, 0.4) is 0 Å². The second kappa shape index (κ2) is 12.9. The van der Waals surface area contributed by atoms with Gasteiger partial charge in [-0.3, -0.25) is 0 Å². The maximum atomic E-state index is 5.67. The molecule has 0 fully saturated rings. The largest absolute Gasteiger partial charge is 0.493 e. The number of aryl methyl sites for hydroxylation is 1. The van der Waals surface area contributed by atoms with Crippen LogP contribution in [0.4, 0.5) is 5.69 Å². The zero-order valence-electron chi connectivity index (χ0n) is 19.1. The summed E-state index contributed by atoms with van der Waals surface area (Å²) in [7, 11) is 1.64. The van der Waals surface area contributed by atoms with E-state index in [0.717, 1.165) is 30.2 Å². The third-order valence-electron chi connectivity index (χ3n) is 4.76. The van der Waals surface area contributed by atoms with Gasteiger partial charge in [-0.2, -0.15) is 0 Å². The summed E-state index contributed by atoms with van der Waals surface area (Å²) >= 11 is 0. The molecule has 7 nitrogen and oxygen atoms in total. The Morgan fingerprint density at radius 1 is 1.09 bits per heavy atom. The maximum absolute atomic E-state index is 5.67. The van der Waals surface area contributed by atoms with Crippen molar-refractivity contribution in [3.63, 3.8) is 0 Å². The molecule has 0 bridgehead atoms. The van der Waals surface area contributed by atoms with E-state index in [2.05, 4.69) is 44.5 Å². The lowest BCUT2D eigenvalue weighted by atomic mass is 10.1. The van der Waals surface area contributed by atoms with Crippen molar-refractivity contribution >= 4 is 35.6 Å². The zero-order valence-corrected chi connectivity index (χ0v) is 21.4. The van der Waals surface area contributed by atoms with Crippen LogP contribution in [0, 0.1) is 6.92 Å². The number of anilines is 1. The normalized spacial score (nSPS) is 10.9. The Morgan fingerprint density at radius 3 is 2.59 bits per heavy atom. The number of methoxy groups -OCH3 is 1. The molecule has 8 heteroatoms. The molecule has 0 saturated carbocycles. The maximum Gasteiger partial charge on any atom is 0.196 e. The molecule has 0 spiro atoms. The predicted octanol–water partition coefficient (Wildman–Crippen LogP) is 4.84. The number of aliphatic imine (C=N–C) groups is 1. The van der Waals surface area contributed by atoms with Crippen molar-refractivity contribution in [3.8, 4) is 11.5 Å². The summed E-state index contributed by atoms with van der Waals surface area (Å²) in [6, 6.07) is 14.2.